The lowest BCUT2D eigenvalue weighted by molar-refractivity contribution is -0.116. The predicted molar refractivity (Wildman–Crippen MR) is 134 cm³/mol. The molecule has 0 spiro atoms. The van der Waals surface area contributed by atoms with Crippen LogP contribution in [0.1, 0.15) is 46.4 Å². The van der Waals surface area contributed by atoms with Crippen LogP contribution in [0.2, 0.25) is 0 Å². The van der Waals surface area contributed by atoms with E-state index in [-0.39, 0.29) is 11.8 Å². The largest absolute Gasteiger partial charge is 0.301 e. The summed E-state index contributed by atoms with van der Waals surface area (Å²) in [5, 5.41) is 3.78. The molecule has 1 heterocycles. The highest BCUT2D eigenvalue weighted by Crippen LogP contribution is 2.34. The van der Waals surface area contributed by atoms with Crippen LogP contribution in [0.25, 0.3) is 11.3 Å². The molecule has 0 aliphatic carbocycles. The smallest absolute Gasteiger partial charge is 0.238 e. The number of hydrogen-bond acceptors (Lipinski definition) is 3. The fourth-order valence-corrected chi connectivity index (χ4v) is 4.97. The van der Waals surface area contributed by atoms with E-state index in [0.717, 1.165) is 35.2 Å². The van der Waals surface area contributed by atoms with E-state index in [1.165, 1.54) is 16.0 Å². The van der Waals surface area contributed by atoms with Crippen molar-refractivity contribution >= 4 is 22.4 Å². The van der Waals surface area contributed by atoms with Crippen LogP contribution >= 0.6 is 11.3 Å². The van der Waals surface area contributed by atoms with Crippen LogP contribution in [0.5, 0.6) is 0 Å². The number of nitrogens with zero attached hydrogens (tertiary/aromatic N) is 1. The zero-order valence-corrected chi connectivity index (χ0v) is 19.6. The number of benzene rings is 3. The maximum absolute atomic E-state index is 13.5. The van der Waals surface area contributed by atoms with Crippen molar-refractivity contribution < 1.29 is 4.79 Å². The van der Waals surface area contributed by atoms with Crippen molar-refractivity contribution in [3.05, 3.63) is 106 Å². The van der Waals surface area contributed by atoms with E-state index in [1.807, 2.05) is 60.7 Å². The highest BCUT2D eigenvalue weighted by atomic mass is 32.1. The predicted octanol–water partition coefficient (Wildman–Crippen LogP) is 7.15. The summed E-state index contributed by atoms with van der Waals surface area (Å²) in [4.78, 5) is 19.6. The molecule has 3 nitrogen and oxygen atoms in total. The van der Waals surface area contributed by atoms with E-state index in [1.54, 1.807) is 11.3 Å². The standard InChI is InChI=1S/C28H28N2OS/c1-4-11-24-26(23-17-16-19(2)20(3)18-23)29-28(32-24)30-27(31)25(21-12-7-5-8-13-21)22-14-9-6-10-15-22/h5-10,12-18,25H,4,11H2,1-3H3,(H,29,30,31). The van der Waals surface area contributed by atoms with Crippen molar-refractivity contribution in [3.63, 3.8) is 0 Å². The molecule has 0 fully saturated rings. The molecule has 0 bridgehead atoms. The highest BCUT2D eigenvalue weighted by Gasteiger charge is 2.24. The molecule has 0 aliphatic rings. The van der Waals surface area contributed by atoms with E-state index >= 15 is 0 Å². The number of thiazole rings is 1. The Bertz CT molecular complexity index is 1160. The Labute approximate surface area is 194 Å². The van der Waals surface area contributed by atoms with Gasteiger partial charge in [0.1, 0.15) is 0 Å². The number of hydrogen-bond donors (Lipinski definition) is 1. The van der Waals surface area contributed by atoms with E-state index in [0.29, 0.717) is 5.13 Å². The van der Waals surface area contributed by atoms with Gasteiger partial charge >= 0.3 is 0 Å². The minimum atomic E-state index is -0.388. The maximum atomic E-state index is 13.5. The summed E-state index contributed by atoms with van der Waals surface area (Å²) in [5.41, 5.74) is 6.54. The molecule has 4 aromatic rings. The molecule has 0 saturated carbocycles. The molecular formula is C28H28N2OS. The summed E-state index contributed by atoms with van der Waals surface area (Å²) in [6.45, 7) is 6.41. The average molecular weight is 441 g/mol. The lowest BCUT2D eigenvalue weighted by Crippen LogP contribution is -2.22. The number of amides is 1. The summed E-state index contributed by atoms with van der Waals surface area (Å²) < 4.78 is 0. The Morgan fingerprint density at radius 3 is 2.09 bits per heavy atom. The van der Waals surface area contributed by atoms with Gasteiger partial charge in [-0.3, -0.25) is 4.79 Å². The van der Waals surface area contributed by atoms with Crippen LogP contribution in [0.4, 0.5) is 5.13 Å². The van der Waals surface area contributed by atoms with Crippen molar-refractivity contribution in [1.29, 1.82) is 0 Å². The molecule has 0 atom stereocenters. The Kier molecular flexibility index (Phi) is 6.81. The van der Waals surface area contributed by atoms with Crippen LogP contribution in [-0.2, 0) is 11.2 Å². The Morgan fingerprint density at radius 2 is 1.53 bits per heavy atom. The van der Waals surface area contributed by atoms with Crippen molar-refractivity contribution in [3.8, 4) is 11.3 Å². The topological polar surface area (TPSA) is 42.0 Å². The number of carbonyl (C=O) groups is 1. The van der Waals surface area contributed by atoms with E-state index in [2.05, 4.69) is 44.3 Å². The second-order valence-corrected chi connectivity index (χ2v) is 9.17. The van der Waals surface area contributed by atoms with E-state index in [9.17, 15) is 4.79 Å². The van der Waals surface area contributed by atoms with Gasteiger partial charge in [0.25, 0.3) is 0 Å². The summed E-state index contributed by atoms with van der Waals surface area (Å²) in [6.07, 6.45) is 1.97. The number of nitrogens with one attached hydrogen (secondary N) is 1. The van der Waals surface area contributed by atoms with Crippen molar-refractivity contribution in [2.24, 2.45) is 0 Å². The number of carbonyl (C=O) groups excluding carboxylic acids is 1. The molecule has 3 aromatic carbocycles. The van der Waals surface area contributed by atoms with Crippen LogP contribution < -0.4 is 5.32 Å². The van der Waals surface area contributed by atoms with Gasteiger partial charge in [0.2, 0.25) is 5.91 Å². The van der Waals surface area contributed by atoms with Gasteiger partial charge in [0.05, 0.1) is 11.6 Å². The monoisotopic (exact) mass is 440 g/mol. The molecule has 1 amide bonds. The Morgan fingerprint density at radius 1 is 0.906 bits per heavy atom. The van der Waals surface area contributed by atoms with Crippen LogP contribution in [0.3, 0.4) is 0 Å². The zero-order chi connectivity index (χ0) is 22.5. The quantitative estimate of drug-likeness (QED) is 0.331. The Balaban J connectivity index is 1.67. The molecular weight excluding hydrogens is 412 g/mol. The van der Waals surface area contributed by atoms with E-state index < -0.39 is 0 Å². The highest BCUT2D eigenvalue weighted by molar-refractivity contribution is 7.16. The number of aromatic nitrogens is 1. The lowest BCUT2D eigenvalue weighted by Gasteiger charge is -2.17. The second-order valence-electron chi connectivity index (χ2n) is 8.08. The van der Waals surface area contributed by atoms with Gasteiger partial charge in [0.15, 0.2) is 5.13 Å². The van der Waals surface area contributed by atoms with Gasteiger partial charge in [-0.2, -0.15) is 0 Å². The van der Waals surface area contributed by atoms with Gasteiger partial charge in [-0.15, -0.1) is 11.3 Å². The molecule has 162 valence electrons. The van der Waals surface area contributed by atoms with Crippen LogP contribution in [0, 0.1) is 13.8 Å². The summed E-state index contributed by atoms with van der Waals surface area (Å²) in [7, 11) is 0. The first-order valence-electron chi connectivity index (χ1n) is 11.0. The molecule has 0 saturated heterocycles. The van der Waals surface area contributed by atoms with Crippen molar-refractivity contribution in [2.75, 3.05) is 5.32 Å². The van der Waals surface area contributed by atoms with Gasteiger partial charge in [-0.25, -0.2) is 4.98 Å². The first-order valence-corrected chi connectivity index (χ1v) is 11.9. The molecule has 0 unspecified atom stereocenters. The molecule has 1 N–H and O–H groups in total. The first kappa shape index (κ1) is 22.0. The fraction of sp³-hybridized carbons (Fsp3) is 0.214. The number of anilines is 1. The lowest BCUT2D eigenvalue weighted by atomic mass is 9.90. The number of rotatable bonds is 7. The number of aryl methyl sites for hydroxylation is 3. The molecule has 4 rings (SSSR count). The average Bonchev–Trinajstić information content (AvgIpc) is 3.19. The minimum absolute atomic E-state index is 0.0640. The maximum Gasteiger partial charge on any atom is 0.238 e. The second kappa shape index (κ2) is 9.92. The van der Waals surface area contributed by atoms with Gasteiger partial charge in [-0.1, -0.05) is 86.1 Å². The van der Waals surface area contributed by atoms with E-state index in [4.69, 9.17) is 4.98 Å². The summed E-state index contributed by atoms with van der Waals surface area (Å²) >= 11 is 1.58. The van der Waals surface area contributed by atoms with Crippen LogP contribution in [-0.4, -0.2) is 10.9 Å². The van der Waals surface area contributed by atoms with Gasteiger partial charge < -0.3 is 5.32 Å². The van der Waals surface area contributed by atoms with Crippen molar-refractivity contribution in [2.45, 2.75) is 39.5 Å². The third-order valence-electron chi connectivity index (χ3n) is 5.71. The molecule has 0 radical (unpaired) electrons. The van der Waals surface area contributed by atoms with Crippen LogP contribution in [0.15, 0.2) is 78.9 Å². The third kappa shape index (κ3) is 4.81. The first-order chi connectivity index (χ1) is 15.6. The summed E-state index contributed by atoms with van der Waals surface area (Å²) in [6, 6.07) is 26.3. The zero-order valence-electron chi connectivity index (χ0n) is 18.8. The SMILES string of the molecule is CCCc1sc(NC(=O)C(c2ccccc2)c2ccccc2)nc1-c1ccc(C)c(C)c1. The molecule has 4 heteroatoms. The van der Waals surface area contributed by atoms with Gasteiger partial charge in [0, 0.05) is 10.4 Å². The Hall–Kier alpha value is -3.24. The molecule has 32 heavy (non-hydrogen) atoms. The van der Waals surface area contributed by atoms with Gasteiger partial charge in [-0.05, 0) is 48.6 Å². The minimum Gasteiger partial charge on any atom is -0.301 e. The summed E-state index contributed by atoms with van der Waals surface area (Å²) in [5.74, 6) is -0.452. The van der Waals surface area contributed by atoms with Crippen molar-refractivity contribution in [1.82, 2.24) is 4.98 Å². The normalized spacial score (nSPS) is 11.0. The third-order valence-corrected chi connectivity index (χ3v) is 6.74. The fourth-order valence-electron chi connectivity index (χ4n) is 3.88. The molecule has 1 aromatic heterocycles. The molecule has 0 aliphatic heterocycles.